The number of ether oxygens (including phenoxy) is 1. The van der Waals surface area contributed by atoms with Crippen molar-refractivity contribution in [3.8, 4) is 11.8 Å². The van der Waals surface area contributed by atoms with Crippen LogP contribution >= 0.6 is 0 Å². The average molecular weight is 350 g/mol. The first-order valence-corrected chi connectivity index (χ1v) is 8.94. The van der Waals surface area contributed by atoms with Gasteiger partial charge in [-0.15, -0.1) is 0 Å². The van der Waals surface area contributed by atoms with Gasteiger partial charge in [0.2, 0.25) is 0 Å². The molecule has 0 atom stereocenters. The molecule has 26 heavy (non-hydrogen) atoms. The van der Waals surface area contributed by atoms with Gasteiger partial charge in [-0.05, 0) is 36.8 Å². The molecule has 1 aliphatic heterocycles. The molecule has 0 aromatic heterocycles. The molecule has 134 valence electrons. The summed E-state index contributed by atoms with van der Waals surface area (Å²) in [5.74, 6) is 0.630. The quantitative estimate of drug-likeness (QED) is 0.881. The monoisotopic (exact) mass is 350 g/mol. The summed E-state index contributed by atoms with van der Waals surface area (Å²) in [6.45, 7) is 6.63. The third kappa shape index (κ3) is 4.62. The van der Waals surface area contributed by atoms with E-state index in [-0.39, 0.29) is 12.5 Å². The zero-order valence-electron chi connectivity index (χ0n) is 15.1. The Hall–Kier alpha value is -2.84. The molecule has 1 fully saturated rings. The average Bonchev–Trinajstić information content (AvgIpc) is 2.69. The summed E-state index contributed by atoms with van der Waals surface area (Å²) in [5.41, 5.74) is 3.29. The van der Waals surface area contributed by atoms with E-state index in [1.165, 1.54) is 16.0 Å². The highest BCUT2D eigenvalue weighted by atomic mass is 16.5. The fourth-order valence-corrected chi connectivity index (χ4v) is 3.19. The second-order valence-electron chi connectivity index (χ2n) is 6.66. The van der Waals surface area contributed by atoms with Gasteiger partial charge in [0.25, 0.3) is 5.91 Å². The number of rotatable bonds is 5. The number of aryl methyl sites for hydroxylation is 1. The minimum Gasteiger partial charge on any atom is -0.484 e. The number of piperazine rings is 1. The van der Waals surface area contributed by atoms with Crippen LogP contribution in [0.3, 0.4) is 0 Å². The Morgan fingerprint density at radius 1 is 1.15 bits per heavy atom. The Kier molecular flexibility index (Phi) is 5.88. The Bertz CT molecular complexity index is 788. The second kappa shape index (κ2) is 8.50. The van der Waals surface area contributed by atoms with Crippen molar-refractivity contribution in [3.63, 3.8) is 0 Å². The van der Waals surface area contributed by atoms with E-state index in [9.17, 15) is 4.79 Å². The molecule has 0 bridgehead atoms. The first-order chi connectivity index (χ1) is 12.7. The van der Waals surface area contributed by atoms with Gasteiger partial charge >= 0.3 is 0 Å². The Balaban J connectivity index is 1.44. The standard InChI is InChI=1S/C21H23N3O2/c1-17-4-2-3-5-19(17)15-23-10-12-24(13-11-23)21(25)16-26-20-8-6-18(14-22)7-9-20/h2-9H,10-13,15-16H2,1H3/p+1. The van der Waals surface area contributed by atoms with E-state index in [4.69, 9.17) is 10.00 Å². The summed E-state index contributed by atoms with van der Waals surface area (Å²) in [6.07, 6.45) is 0. The molecule has 1 aliphatic rings. The van der Waals surface area contributed by atoms with E-state index < -0.39 is 0 Å². The fourth-order valence-electron chi connectivity index (χ4n) is 3.19. The highest BCUT2D eigenvalue weighted by molar-refractivity contribution is 5.77. The molecule has 0 saturated carbocycles. The van der Waals surface area contributed by atoms with Crippen molar-refractivity contribution in [3.05, 3.63) is 65.2 Å². The van der Waals surface area contributed by atoms with E-state index in [0.717, 1.165) is 32.7 Å². The first kappa shape index (κ1) is 18.0. The third-order valence-electron chi connectivity index (χ3n) is 4.87. The molecule has 1 heterocycles. The van der Waals surface area contributed by atoms with Crippen LogP contribution in [0.2, 0.25) is 0 Å². The molecule has 0 radical (unpaired) electrons. The number of benzene rings is 2. The van der Waals surface area contributed by atoms with E-state index >= 15 is 0 Å². The van der Waals surface area contributed by atoms with Crippen LogP contribution in [0.4, 0.5) is 0 Å². The Labute approximate surface area is 154 Å². The molecule has 5 heteroatoms. The summed E-state index contributed by atoms with van der Waals surface area (Å²) < 4.78 is 5.55. The lowest BCUT2D eigenvalue weighted by atomic mass is 10.1. The van der Waals surface area contributed by atoms with Crippen LogP contribution in [-0.2, 0) is 11.3 Å². The maximum absolute atomic E-state index is 12.4. The van der Waals surface area contributed by atoms with Gasteiger partial charge in [0.1, 0.15) is 12.3 Å². The van der Waals surface area contributed by atoms with Gasteiger partial charge in [0, 0.05) is 5.56 Å². The number of nitrogens with one attached hydrogen (secondary N) is 1. The minimum absolute atomic E-state index is 0.0179. The van der Waals surface area contributed by atoms with Crippen molar-refractivity contribution >= 4 is 5.91 Å². The predicted molar refractivity (Wildman–Crippen MR) is 98.8 cm³/mol. The zero-order valence-corrected chi connectivity index (χ0v) is 15.1. The van der Waals surface area contributed by atoms with Gasteiger partial charge in [-0.1, -0.05) is 24.3 Å². The molecule has 0 unspecified atom stereocenters. The number of amides is 1. The fraction of sp³-hybridized carbons (Fsp3) is 0.333. The zero-order chi connectivity index (χ0) is 18.4. The minimum atomic E-state index is 0.0179. The van der Waals surface area contributed by atoms with E-state index in [1.807, 2.05) is 4.90 Å². The van der Waals surface area contributed by atoms with Gasteiger partial charge in [-0.2, -0.15) is 5.26 Å². The number of nitriles is 1. The summed E-state index contributed by atoms with van der Waals surface area (Å²) in [6, 6.07) is 17.4. The number of nitrogens with zero attached hydrogens (tertiary/aromatic N) is 2. The molecule has 1 amide bonds. The molecule has 2 aromatic carbocycles. The van der Waals surface area contributed by atoms with Crippen molar-refractivity contribution in [1.82, 2.24) is 4.90 Å². The topological polar surface area (TPSA) is 57.8 Å². The van der Waals surface area contributed by atoms with Gasteiger partial charge in [-0.3, -0.25) is 4.79 Å². The number of hydrogen-bond acceptors (Lipinski definition) is 3. The Morgan fingerprint density at radius 2 is 1.85 bits per heavy atom. The summed E-state index contributed by atoms with van der Waals surface area (Å²) in [7, 11) is 0. The largest absolute Gasteiger partial charge is 0.484 e. The molecule has 5 nitrogen and oxygen atoms in total. The predicted octanol–water partition coefficient (Wildman–Crippen LogP) is 1.17. The van der Waals surface area contributed by atoms with Gasteiger partial charge in [-0.25, -0.2) is 0 Å². The highest BCUT2D eigenvalue weighted by Crippen LogP contribution is 2.11. The highest BCUT2D eigenvalue weighted by Gasteiger charge is 2.24. The summed E-state index contributed by atoms with van der Waals surface area (Å²) in [5, 5.41) is 8.79. The molecule has 2 aromatic rings. The van der Waals surface area contributed by atoms with Crippen LogP contribution in [-0.4, -0.2) is 43.6 Å². The first-order valence-electron chi connectivity index (χ1n) is 8.94. The lowest BCUT2D eigenvalue weighted by molar-refractivity contribution is -0.917. The van der Waals surface area contributed by atoms with Crippen molar-refractivity contribution in [2.24, 2.45) is 0 Å². The second-order valence-corrected chi connectivity index (χ2v) is 6.66. The maximum atomic E-state index is 12.4. The normalized spacial score (nSPS) is 14.7. The molecular formula is C21H24N3O2+. The smallest absolute Gasteiger partial charge is 0.260 e. The number of carbonyl (C=O) groups excluding carboxylic acids is 1. The lowest BCUT2D eigenvalue weighted by Gasteiger charge is -2.32. The summed E-state index contributed by atoms with van der Waals surface area (Å²) in [4.78, 5) is 15.7. The van der Waals surface area contributed by atoms with Gasteiger partial charge in [0.15, 0.2) is 6.61 Å². The van der Waals surface area contributed by atoms with Crippen LogP contribution in [0.15, 0.2) is 48.5 Å². The maximum Gasteiger partial charge on any atom is 0.260 e. The van der Waals surface area contributed by atoms with E-state index in [1.54, 1.807) is 24.3 Å². The molecule has 3 rings (SSSR count). The molecule has 0 spiro atoms. The summed E-state index contributed by atoms with van der Waals surface area (Å²) >= 11 is 0. The molecular weight excluding hydrogens is 326 g/mol. The van der Waals surface area contributed by atoms with Crippen LogP contribution in [0, 0.1) is 18.3 Å². The van der Waals surface area contributed by atoms with Gasteiger partial charge in [0.05, 0.1) is 37.8 Å². The molecule has 1 saturated heterocycles. The number of quaternary nitrogens is 1. The van der Waals surface area contributed by atoms with Gasteiger partial charge < -0.3 is 14.5 Å². The van der Waals surface area contributed by atoms with Crippen LogP contribution in [0.25, 0.3) is 0 Å². The van der Waals surface area contributed by atoms with E-state index in [2.05, 4.69) is 37.3 Å². The lowest BCUT2D eigenvalue weighted by Crippen LogP contribution is -3.13. The van der Waals surface area contributed by atoms with Crippen LogP contribution in [0.5, 0.6) is 5.75 Å². The molecule has 0 aliphatic carbocycles. The van der Waals surface area contributed by atoms with Crippen LogP contribution in [0.1, 0.15) is 16.7 Å². The third-order valence-corrected chi connectivity index (χ3v) is 4.87. The van der Waals surface area contributed by atoms with E-state index in [0.29, 0.717) is 11.3 Å². The SMILES string of the molecule is Cc1ccccc1C[NH+]1CCN(C(=O)COc2ccc(C#N)cc2)CC1. The van der Waals surface area contributed by atoms with Crippen LogP contribution < -0.4 is 9.64 Å². The Morgan fingerprint density at radius 3 is 2.50 bits per heavy atom. The van der Waals surface area contributed by atoms with Crippen molar-refractivity contribution in [1.29, 1.82) is 5.26 Å². The number of hydrogen-bond donors (Lipinski definition) is 1. The number of carbonyl (C=O) groups is 1. The molecule has 1 N–H and O–H groups in total. The van der Waals surface area contributed by atoms with Crippen molar-refractivity contribution in [2.75, 3.05) is 32.8 Å². The van der Waals surface area contributed by atoms with Crippen molar-refractivity contribution < 1.29 is 14.4 Å². The van der Waals surface area contributed by atoms with Crippen molar-refractivity contribution in [2.45, 2.75) is 13.5 Å².